The third kappa shape index (κ3) is 4.29. The van der Waals surface area contributed by atoms with Crippen LogP contribution in [0.1, 0.15) is 17.7 Å². The molecule has 0 amide bonds. The molecule has 0 aliphatic carbocycles. The van der Waals surface area contributed by atoms with Crippen LogP contribution in [0.15, 0.2) is 53.4 Å². The van der Waals surface area contributed by atoms with Crippen LogP contribution in [0.5, 0.6) is 5.75 Å². The third-order valence-electron chi connectivity index (χ3n) is 3.87. The van der Waals surface area contributed by atoms with Gasteiger partial charge < -0.3 is 14.8 Å². The monoisotopic (exact) mass is 347 g/mol. The molecule has 24 heavy (non-hydrogen) atoms. The van der Waals surface area contributed by atoms with Gasteiger partial charge in [-0.2, -0.15) is 0 Å². The molecule has 1 aliphatic heterocycles. The van der Waals surface area contributed by atoms with Gasteiger partial charge in [0.15, 0.2) is 0 Å². The van der Waals surface area contributed by atoms with Crippen molar-refractivity contribution in [1.82, 2.24) is 5.32 Å². The fourth-order valence-corrected chi connectivity index (χ4v) is 4.06. The molecule has 0 aromatic heterocycles. The van der Waals surface area contributed by atoms with Crippen molar-refractivity contribution in [2.45, 2.75) is 23.2 Å². The van der Waals surface area contributed by atoms with Crippen molar-refractivity contribution in [2.75, 3.05) is 26.3 Å². The van der Waals surface area contributed by atoms with E-state index in [1.165, 1.54) is 6.07 Å². The first-order valence-electron chi connectivity index (χ1n) is 8.24. The summed E-state index contributed by atoms with van der Waals surface area (Å²) >= 11 is 1.67. The minimum absolute atomic E-state index is 0.00453. The van der Waals surface area contributed by atoms with E-state index in [1.54, 1.807) is 23.9 Å². The number of nitrogens with one attached hydrogen (secondary N) is 1. The van der Waals surface area contributed by atoms with Gasteiger partial charge >= 0.3 is 0 Å². The summed E-state index contributed by atoms with van der Waals surface area (Å²) in [5, 5.41) is 3.36. The molecule has 3 nitrogen and oxygen atoms in total. The van der Waals surface area contributed by atoms with Gasteiger partial charge in [0.05, 0.1) is 29.5 Å². The second-order valence-electron chi connectivity index (χ2n) is 5.59. The molecule has 1 saturated heterocycles. The van der Waals surface area contributed by atoms with Crippen molar-refractivity contribution in [3.8, 4) is 5.75 Å². The minimum Gasteiger partial charge on any atom is -0.493 e. The molecule has 5 heteroatoms. The number of halogens is 1. The second kappa shape index (κ2) is 8.51. The molecule has 2 aromatic carbocycles. The summed E-state index contributed by atoms with van der Waals surface area (Å²) < 4.78 is 25.4. The topological polar surface area (TPSA) is 30.5 Å². The number of thioether (sulfide) groups is 1. The van der Waals surface area contributed by atoms with Crippen molar-refractivity contribution in [2.24, 2.45) is 0 Å². The highest BCUT2D eigenvalue weighted by molar-refractivity contribution is 7.99. The molecule has 0 saturated carbocycles. The molecule has 0 spiro atoms. The molecule has 3 rings (SSSR count). The highest BCUT2D eigenvalue weighted by atomic mass is 32.2. The Morgan fingerprint density at radius 1 is 1.29 bits per heavy atom. The average molecular weight is 347 g/mol. The first-order valence-corrected chi connectivity index (χ1v) is 9.12. The van der Waals surface area contributed by atoms with Crippen molar-refractivity contribution in [1.29, 1.82) is 0 Å². The van der Waals surface area contributed by atoms with E-state index in [9.17, 15) is 4.39 Å². The molecule has 1 heterocycles. The minimum atomic E-state index is -0.222. The zero-order chi connectivity index (χ0) is 16.8. The summed E-state index contributed by atoms with van der Waals surface area (Å²) in [7, 11) is 0. The zero-order valence-corrected chi connectivity index (χ0v) is 14.5. The lowest BCUT2D eigenvalue weighted by Crippen LogP contribution is -2.41. The summed E-state index contributed by atoms with van der Waals surface area (Å²) in [5.41, 5.74) is 0.931. The fraction of sp³-hybridized carbons (Fsp3) is 0.368. The Balaban J connectivity index is 1.90. The molecular formula is C19H22FNO2S. The van der Waals surface area contributed by atoms with Gasteiger partial charge in [-0.05, 0) is 36.8 Å². The summed E-state index contributed by atoms with van der Waals surface area (Å²) in [5.74, 6) is 0.634. The van der Waals surface area contributed by atoms with E-state index in [-0.39, 0.29) is 17.2 Å². The number of rotatable bonds is 6. The summed E-state index contributed by atoms with van der Waals surface area (Å²) in [6.07, 6.45) is -0.0137. The Morgan fingerprint density at radius 2 is 2.17 bits per heavy atom. The lowest BCUT2D eigenvalue weighted by Gasteiger charge is -2.31. The van der Waals surface area contributed by atoms with E-state index in [2.05, 4.69) is 5.32 Å². The van der Waals surface area contributed by atoms with E-state index in [0.29, 0.717) is 13.2 Å². The van der Waals surface area contributed by atoms with Gasteiger partial charge in [-0.3, -0.25) is 0 Å². The normalized spacial score (nSPS) is 19.0. The van der Waals surface area contributed by atoms with E-state index in [0.717, 1.165) is 29.3 Å². The van der Waals surface area contributed by atoms with Crippen molar-refractivity contribution < 1.29 is 13.9 Å². The Labute approximate surface area is 146 Å². The van der Waals surface area contributed by atoms with Crippen molar-refractivity contribution in [3.63, 3.8) is 0 Å². The van der Waals surface area contributed by atoms with Crippen LogP contribution in [0.25, 0.3) is 0 Å². The maximum atomic E-state index is 13.7. The molecule has 2 aromatic rings. The van der Waals surface area contributed by atoms with Crippen LogP contribution in [-0.2, 0) is 4.74 Å². The quantitative estimate of drug-likeness (QED) is 0.799. The molecule has 1 N–H and O–H groups in total. The molecule has 1 aliphatic rings. The number of hydrogen-bond donors (Lipinski definition) is 1. The van der Waals surface area contributed by atoms with Gasteiger partial charge in [0.2, 0.25) is 0 Å². The molecule has 0 radical (unpaired) electrons. The number of benzene rings is 2. The number of morpholine rings is 1. The molecular weight excluding hydrogens is 325 g/mol. The molecule has 0 bridgehead atoms. The average Bonchev–Trinajstić information content (AvgIpc) is 2.62. The van der Waals surface area contributed by atoms with Gasteiger partial charge in [0.25, 0.3) is 0 Å². The van der Waals surface area contributed by atoms with Gasteiger partial charge in [0.1, 0.15) is 11.6 Å². The first-order chi connectivity index (χ1) is 11.8. The smallest absolute Gasteiger partial charge is 0.132 e. The van der Waals surface area contributed by atoms with Crippen LogP contribution in [0.2, 0.25) is 0 Å². The van der Waals surface area contributed by atoms with E-state index < -0.39 is 0 Å². The van der Waals surface area contributed by atoms with Gasteiger partial charge in [-0.1, -0.05) is 24.3 Å². The van der Waals surface area contributed by atoms with Crippen LogP contribution in [-0.4, -0.2) is 32.4 Å². The molecule has 1 fully saturated rings. The number of hydrogen-bond acceptors (Lipinski definition) is 4. The standard InChI is InChI=1S/C19H22FNO2S/c1-2-22-16-8-3-4-9-18(16)24-19(17-13-21-10-11-23-17)14-6-5-7-15(20)12-14/h3-9,12,17,19,21H,2,10-11,13H2,1H3/t17?,19-/m1/s1. The van der Waals surface area contributed by atoms with Crippen LogP contribution >= 0.6 is 11.8 Å². The van der Waals surface area contributed by atoms with Crippen LogP contribution in [0, 0.1) is 5.82 Å². The number of para-hydroxylation sites is 1. The number of ether oxygens (including phenoxy) is 2. The highest BCUT2D eigenvalue weighted by Crippen LogP contribution is 2.43. The molecule has 1 unspecified atom stereocenters. The molecule has 2 atom stereocenters. The largest absolute Gasteiger partial charge is 0.493 e. The predicted octanol–water partition coefficient (Wildman–Crippen LogP) is 4.05. The van der Waals surface area contributed by atoms with E-state index in [4.69, 9.17) is 9.47 Å². The summed E-state index contributed by atoms with van der Waals surface area (Å²) in [6.45, 7) is 4.87. The highest BCUT2D eigenvalue weighted by Gasteiger charge is 2.28. The lowest BCUT2D eigenvalue weighted by atomic mass is 10.1. The maximum Gasteiger partial charge on any atom is 0.132 e. The Kier molecular flexibility index (Phi) is 6.12. The molecule has 128 valence electrons. The van der Waals surface area contributed by atoms with Crippen LogP contribution in [0.4, 0.5) is 4.39 Å². The van der Waals surface area contributed by atoms with Gasteiger partial charge in [-0.15, -0.1) is 11.8 Å². The predicted molar refractivity (Wildman–Crippen MR) is 95.2 cm³/mol. The zero-order valence-electron chi connectivity index (χ0n) is 13.7. The van der Waals surface area contributed by atoms with Crippen molar-refractivity contribution in [3.05, 3.63) is 59.9 Å². The second-order valence-corrected chi connectivity index (χ2v) is 6.77. The maximum absolute atomic E-state index is 13.7. The van der Waals surface area contributed by atoms with Gasteiger partial charge in [-0.25, -0.2) is 4.39 Å². The van der Waals surface area contributed by atoms with Crippen molar-refractivity contribution >= 4 is 11.8 Å². The van der Waals surface area contributed by atoms with Crippen LogP contribution in [0.3, 0.4) is 0 Å². The van der Waals surface area contributed by atoms with E-state index in [1.807, 2.05) is 37.3 Å². The Morgan fingerprint density at radius 3 is 2.92 bits per heavy atom. The third-order valence-corrected chi connectivity index (χ3v) is 5.29. The van der Waals surface area contributed by atoms with Crippen LogP contribution < -0.4 is 10.1 Å². The van der Waals surface area contributed by atoms with Gasteiger partial charge in [0, 0.05) is 13.1 Å². The SMILES string of the molecule is CCOc1ccccc1S[C@H](c1cccc(F)c1)C1CNCCO1. The first kappa shape index (κ1) is 17.3. The fourth-order valence-electron chi connectivity index (χ4n) is 2.78. The lowest BCUT2D eigenvalue weighted by molar-refractivity contribution is 0.0273. The van der Waals surface area contributed by atoms with E-state index >= 15 is 0 Å². The Hall–Kier alpha value is -1.56. The summed E-state index contributed by atoms with van der Waals surface area (Å²) in [6, 6.07) is 14.7. The Bertz CT molecular complexity index is 661. The summed E-state index contributed by atoms with van der Waals surface area (Å²) in [4.78, 5) is 1.04.